The van der Waals surface area contributed by atoms with Crippen LogP contribution in [0.25, 0.3) is 0 Å². The minimum atomic E-state index is -0.806. The summed E-state index contributed by atoms with van der Waals surface area (Å²) in [5.41, 5.74) is 0. The molecular formula is C57H90O6. The maximum atomic E-state index is 12.8. The number of hydrogen-bond donors (Lipinski definition) is 0. The fourth-order valence-corrected chi connectivity index (χ4v) is 6.37. The topological polar surface area (TPSA) is 78.9 Å². The van der Waals surface area contributed by atoms with Crippen molar-refractivity contribution in [2.24, 2.45) is 0 Å². The molecule has 0 amide bonds. The SMILES string of the molecule is CC\C=C/C=C\C=C/CCCCCCCC(=O)OCC(COC(=O)CCCCCCCC/C=C\C/C=C\C/C=C\C/C=C\CC)OC(=O)CCCCCCC\C=C/C=C\C=C/CC. The fourth-order valence-electron chi connectivity index (χ4n) is 6.37. The quantitative estimate of drug-likeness (QED) is 0.0200. The van der Waals surface area contributed by atoms with E-state index in [2.05, 4.69) is 136 Å². The van der Waals surface area contributed by atoms with Crippen molar-refractivity contribution in [2.75, 3.05) is 13.2 Å². The van der Waals surface area contributed by atoms with Crippen molar-refractivity contribution in [3.8, 4) is 0 Å². The molecule has 1 atom stereocenters. The highest BCUT2D eigenvalue weighted by Crippen LogP contribution is 2.13. The van der Waals surface area contributed by atoms with Gasteiger partial charge in [0.2, 0.25) is 0 Å². The summed E-state index contributed by atoms with van der Waals surface area (Å²) >= 11 is 0. The van der Waals surface area contributed by atoms with Gasteiger partial charge in [-0.1, -0.05) is 206 Å². The third kappa shape index (κ3) is 48.7. The van der Waals surface area contributed by atoms with Gasteiger partial charge in [-0.3, -0.25) is 14.4 Å². The van der Waals surface area contributed by atoms with E-state index in [1.54, 1.807) is 0 Å². The highest BCUT2D eigenvalue weighted by molar-refractivity contribution is 5.71. The second-order valence-corrected chi connectivity index (χ2v) is 16.1. The molecule has 0 aromatic carbocycles. The van der Waals surface area contributed by atoms with Gasteiger partial charge in [0.05, 0.1) is 0 Å². The molecule has 1 unspecified atom stereocenters. The molecule has 354 valence electrons. The van der Waals surface area contributed by atoms with Crippen LogP contribution in [0.1, 0.15) is 201 Å². The third-order valence-electron chi connectivity index (χ3n) is 10.1. The molecular weight excluding hydrogens is 781 g/mol. The lowest BCUT2D eigenvalue weighted by molar-refractivity contribution is -0.167. The summed E-state index contributed by atoms with van der Waals surface area (Å²) in [6.07, 6.45) is 68.9. The Kier molecular flexibility index (Phi) is 47.1. The van der Waals surface area contributed by atoms with E-state index in [9.17, 15) is 14.4 Å². The monoisotopic (exact) mass is 871 g/mol. The highest BCUT2D eigenvalue weighted by atomic mass is 16.6. The van der Waals surface area contributed by atoms with Crippen LogP contribution in [-0.4, -0.2) is 37.2 Å². The van der Waals surface area contributed by atoms with Crippen LogP contribution in [0.5, 0.6) is 0 Å². The third-order valence-corrected chi connectivity index (χ3v) is 10.1. The van der Waals surface area contributed by atoms with Crippen LogP contribution in [0.3, 0.4) is 0 Å². The Balaban J connectivity index is 4.46. The summed E-state index contributed by atoms with van der Waals surface area (Å²) in [5.74, 6) is -0.969. The highest BCUT2D eigenvalue weighted by Gasteiger charge is 2.19. The van der Waals surface area contributed by atoms with E-state index >= 15 is 0 Å². The van der Waals surface area contributed by atoms with Crippen LogP contribution in [-0.2, 0) is 28.6 Å². The van der Waals surface area contributed by atoms with Crippen molar-refractivity contribution in [1.29, 1.82) is 0 Å². The van der Waals surface area contributed by atoms with Crippen molar-refractivity contribution in [2.45, 2.75) is 207 Å². The van der Waals surface area contributed by atoms with E-state index in [4.69, 9.17) is 14.2 Å². The maximum Gasteiger partial charge on any atom is 0.306 e. The smallest absolute Gasteiger partial charge is 0.306 e. The van der Waals surface area contributed by atoms with Gasteiger partial charge in [-0.2, -0.15) is 0 Å². The van der Waals surface area contributed by atoms with Crippen LogP contribution < -0.4 is 0 Å². The Hall–Kier alpha value is -4.19. The number of allylic oxidation sites excluding steroid dienone is 20. The molecule has 0 rings (SSSR count). The van der Waals surface area contributed by atoms with E-state index in [0.717, 1.165) is 148 Å². The van der Waals surface area contributed by atoms with E-state index in [-0.39, 0.29) is 31.1 Å². The second kappa shape index (κ2) is 50.5. The van der Waals surface area contributed by atoms with Gasteiger partial charge in [0.15, 0.2) is 6.10 Å². The van der Waals surface area contributed by atoms with Crippen molar-refractivity contribution < 1.29 is 28.6 Å². The van der Waals surface area contributed by atoms with E-state index in [1.807, 2.05) is 6.08 Å². The van der Waals surface area contributed by atoms with Crippen molar-refractivity contribution >= 4 is 17.9 Å². The van der Waals surface area contributed by atoms with Crippen molar-refractivity contribution in [3.05, 3.63) is 122 Å². The molecule has 6 heteroatoms. The number of rotatable bonds is 43. The lowest BCUT2D eigenvalue weighted by Gasteiger charge is -2.18. The van der Waals surface area contributed by atoms with Gasteiger partial charge in [-0.05, 0) is 96.3 Å². The number of hydrogen-bond acceptors (Lipinski definition) is 6. The number of carbonyl (C=O) groups excluding carboxylic acids is 3. The number of ether oxygens (including phenoxy) is 3. The largest absolute Gasteiger partial charge is 0.462 e. The van der Waals surface area contributed by atoms with Gasteiger partial charge in [-0.15, -0.1) is 0 Å². The number of esters is 3. The van der Waals surface area contributed by atoms with Crippen LogP contribution in [0.4, 0.5) is 0 Å². The van der Waals surface area contributed by atoms with Crippen molar-refractivity contribution in [3.63, 3.8) is 0 Å². The Morgan fingerprint density at radius 3 is 1.06 bits per heavy atom. The molecule has 0 spiro atoms. The molecule has 6 nitrogen and oxygen atoms in total. The second-order valence-electron chi connectivity index (χ2n) is 16.1. The lowest BCUT2D eigenvalue weighted by atomic mass is 10.1. The zero-order chi connectivity index (χ0) is 45.8. The number of unbranched alkanes of at least 4 members (excludes halogenated alkanes) is 16. The molecule has 0 aliphatic heterocycles. The first kappa shape index (κ1) is 58.8. The number of carbonyl (C=O) groups is 3. The summed E-state index contributed by atoms with van der Waals surface area (Å²) in [4.78, 5) is 37.9. The Bertz CT molecular complexity index is 1370. The van der Waals surface area contributed by atoms with Crippen molar-refractivity contribution in [1.82, 2.24) is 0 Å². The molecule has 0 fully saturated rings. The minimum Gasteiger partial charge on any atom is -0.462 e. The zero-order valence-electron chi connectivity index (χ0n) is 40.3. The van der Waals surface area contributed by atoms with E-state index in [0.29, 0.717) is 19.3 Å². The van der Waals surface area contributed by atoms with Crippen LogP contribution >= 0.6 is 0 Å². The van der Waals surface area contributed by atoms with Crippen LogP contribution in [0.2, 0.25) is 0 Å². The molecule has 0 radical (unpaired) electrons. The summed E-state index contributed by atoms with van der Waals surface area (Å²) in [6.45, 7) is 6.19. The first-order valence-electron chi connectivity index (χ1n) is 25.1. The lowest BCUT2D eigenvalue weighted by Crippen LogP contribution is -2.30. The molecule has 0 bridgehead atoms. The molecule has 0 heterocycles. The average Bonchev–Trinajstić information content (AvgIpc) is 3.28. The van der Waals surface area contributed by atoms with Gasteiger partial charge in [0.1, 0.15) is 13.2 Å². The molecule has 0 aliphatic carbocycles. The normalized spacial score (nSPS) is 13.1. The molecule has 0 N–H and O–H groups in total. The molecule has 0 saturated heterocycles. The molecule has 63 heavy (non-hydrogen) atoms. The summed E-state index contributed by atoms with van der Waals surface area (Å²) in [5, 5.41) is 0. The minimum absolute atomic E-state index is 0.105. The molecule has 0 aliphatic rings. The summed E-state index contributed by atoms with van der Waals surface area (Å²) in [6, 6.07) is 0. The van der Waals surface area contributed by atoms with Crippen LogP contribution in [0, 0.1) is 0 Å². The van der Waals surface area contributed by atoms with Crippen LogP contribution in [0.15, 0.2) is 122 Å². The average molecular weight is 871 g/mol. The van der Waals surface area contributed by atoms with E-state index < -0.39 is 6.10 Å². The first-order valence-corrected chi connectivity index (χ1v) is 25.1. The Morgan fingerprint density at radius 1 is 0.333 bits per heavy atom. The van der Waals surface area contributed by atoms with Gasteiger partial charge in [-0.25, -0.2) is 0 Å². The standard InChI is InChI=1S/C57H90O6/c1-4-7-10-13-16-19-22-25-26-27-28-29-30-33-35-38-41-44-47-50-56(59)62-53-54(63-57(60)51-48-45-42-39-36-32-24-21-18-15-12-9-6-3)52-61-55(58)49-46-43-40-37-34-31-23-20-17-14-11-8-5-2/h7-12,14-21,23-26,28-29,54H,4-6,13,22,27,30-53H2,1-3H3/b10-7-,11-8-,12-9-,17-14-,18-15-,19-16-,23-20-,24-21-,26-25-,29-28-. The Morgan fingerprint density at radius 2 is 0.651 bits per heavy atom. The van der Waals surface area contributed by atoms with E-state index in [1.165, 1.54) is 12.8 Å². The molecule has 0 saturated carbocycles. The summed E-state index contributed by atoms with van der Waals surface area (Å²) < 4.78 is 16.7. The predicted octanol–water partition coefficient (Wildman–Crippen LogP) is 16.5. The summed E-state index contributed by atoms with van der Waals surface area (Å²) in [7, 11) is 0. The molecule has 0 aromatic heterocycles. The maximum absolute atomic E-state index is 12.8. The van der Waals surface area contributed by atoms with Gasteiger partial charge < -0.3 is 14.2 Å². The van der Waals surface area contributed by atoms with Gasteiger partial charge in [0, 0.05) is 19.3 Å². The Labute approximate surface area is 386 Å². The van der Waals surface area contributed by atoms with Gasteiger partial charge >= 0.3 is 17.9 Å². The first-order chi connectivity index (χ1) is 31.0. The zero-order valence-corrected chi connectivity index (χ0v) is 40.3. The fraction of sp³-hybridized carbons (Fsp3) is 0.596. The van der Waals surface area contributed by atoms with Gasteiger partial charge in [0.25, 0.3) is 0 Å². The predicted molar refractivity (Wildman–Crippen MR) is 269 cm³/mol. The molecule has 0 aromatic rings.